The Balaban J connectivity index is 2.61. The molecule has 1 aromatic rings. The molecule has 0 radical (unpaired) electrons. The van der Waals surface area contributed by atoms with Gasteiger partial charge in [-0.1, -0.05) is 43.7 Å². The van der Waals surface area contributed by atoms with E-state index in [9.17, 15) is 0 Å². The van der Waals surface area contributed by atoms with Crippen molar-refractivity contribution in [3.63, 3.8) is 0 Å². The predicted molar refractivity (Wildman–Crippen MR) is 71.8 cm³/mol. The van der Waals surface area contributed by atoms with Gasteiger partial charge in [-0.3, -0.25) is 0 Å². The Morgan fingerprint density at radius 2 is 1.75 bits per heavy atom. The van der Waals surface area contributed by atoms with E-state index in [1.54, 1.807) is 0 Å². The summed E-state index contributed by atoms with van der Waals surface area (Å²) in [5.74, 6) is 0.644. The van der Waals surface area contributed by atoms with Gasteiger partial charge in [0, 0.05) is 12.1 Å². The summed E-state index contributed by atoms with van der Waals surface area (Å²) < 4.78 is 0. The predicted octanol–water partition coefficient (Wildman–Crippen LogP) is 3.96. The van der Waals surface area contributed by atoms with Gasteiger partial charge >= 0.3 is 0 Å². The highest BCUT2D eigenvalue weighted by Gasteiger charge is 2.14. The maximum atomic E-state index is 3.61. The number of hydrogen-bond acceptors (Lipinski definition) is 1. The maximum Gasteiger partial charge on any atom is 0.00967 e. The Morgan fingerprint density at radius 3 is 2.25 bits per heavy atom. The summed E-state index contributed by atoms with van der Waals surface area (Å²) in [5.41, 5.74) is 1.67. The van der Waals surface area contributed by atoms with Crippen LogP contribution in [0.5, 0.6) is 0 Å². The van der Waals surface area contributed by atoms with Crippen molar-refractivity contribution in [3.05, 3.63) is 35.9 Å². The van der Waals surface area contributed by atoms with Crippen LogP contribution in [0.1, 0.15) is 52.0 Å². The van der Waals surface area contributed by atoms with E-state index in [4.69, 9.17) is 0 Å². The summed E-state index contributed by atoms with van der Waals surface area (Å²) in [6.45, 7) is 10.00. The first kappa shape index (κ1) is 13.2. The zero-order chi connectivity index (χ0) is 12.0. The minimum absolute atomic E-state index is 0.209. The largest absolute Gasteiger partial charge is 0.311 e. The molecule has 1 unspecified atom stereocenters. The van der Waals surface area contributed by atoms with Crippen molar-refractivity contribution in [3.8, 4) is 0 Å². The molecule has 0 fully saturated rings. The zero-order valence-corrected chi connectivity index (χ0v) is 11.1. The topological polar surface area (TPSA) is 12.0 Å². The van der Waals surface area contributed by atoms with Crippen LogP contribution in [-0.2, 0) is 0 Å². The van der Waals surface area contributed by atoms with Crippen LogP contribution in [0.2, 0.25) is 0 Å². The van der Waals surface area contributed by atoms with Crippen LogP contribution in [0.25, 0.3) is 0 Å². The summed E-state index contributed by atoms with van der Waals surface area (Å²) >= 11 is 0. The summed E-state index contributed by atoms with van der Waals surface area (Å²) in [5, 5.41) is 3.61. The highest BCUT2D eigenvalue weighted by atomic mass is 14.9. The van der Waals surface area contributed by atoms with Gasteiger partial charge in [-0.2, -0.15) is 0 Å². The lowest BCUT2D eigenvalue weighted by atomic mass is 9.93. The van der Waals surface area contributed by atoms with E-state index in [-0.39, 0.29) is 5.54 Å². The third-order valence-electron chi connectivity index (χ3n) is 2.79. The van der Waals surface area contributed by atoms with Gasteiger partial charge in [-0.15, -0.1) is 0 Å². The van der Waals surface area contributed by atoms with E-state index >= 15 is 0 Å². The lowest BCUT2D eigenvalue weighted by Gasteiger charge is -2.25. The van der Waals surface area contributed by atoms with Crippen molar-refractivity contribution >= 4 is 0 Å². The van der Waals surface area contributed by atoms with Gasteiger partial charge < -0.3 is 5.32 Å². The molecule has 1 nitrogen and oxygen atoms in total. The maximum absolute atomic E-state index is 3.61. The second kappa shape index (κ2) is 6.05. The smallest absolute Gasteiger partial charge is 0.00967 e. The monoisotopic (exact) mass is 219 g/mol. The SMILES string of the molecule is CCCC(CNC(C)(C)C)c1ccccc1. The van der Waals surface area contributed by atoms with Gasteiger partial charge in [-0.25, -0.2) is 0 Å². The summed E-state index contributed by atoms with van der Waals surface area (Å²) in [6, 6.07) is 10.8. The Hall–Kier alpha value is -0.820. The van der Waals surface area contributed by atoms with E-state index in [0.717, 1.165) is 6.54 Å². The van der Waals surface area contributed by atoms with E-state index in [1.165, 1.54) is 18.4 Å². The fourth-order valence-electron chi connectivity index (χ4n) is 1.89. The van der Waals surface area contributed by atoms with Gasteiger partial charge in [0.2, 0.25) is 0 Å². The lowest BCUT2D eigenvalue weighted by Crippen LogP contribution is -2.38. The Morgan fingerprint density at radius 1 is 1.12 bits per heavy atom. The second-order valence-corrected chi connectivity index (χ2v) is 5.53. The fourth-order valence-corrected chi connectivity index (χ4v) is 1.89. The minimum Gasteiger partial charge on any atom is -0.311 e. The molecule has 0 amide bonds. The molecule has 0 saturated carbocycles. The standard InChI is InChI=1S/C15H25N/c1-5-9-14(12-16-15(2,3)4)13-10-7-6-8-11-13/h6-8,10-11,14,16H,5,9,12H2,1-4H3. The summed E-state index contributed by atoms with van der Waals surface area (Å²) in [7, 11) is 0. The normalized spacial score (nSPS) is 13.8. The van der Waals surface area contributed by atoms with Crippen molar-refractivity contribution in [1.29, 1.82) is 0 Å². The highest BCUT2D eigenvalue weighted by molar-refractivity contribution is 5.19. The third kappa shape index (κ3) is 4.80. The van der Waals surface area contributed by atoms with Crippen molar-refractivity contribution in [2.75, 3.05) is 6.54 Å². The van der Waals surface area contributed by atoms with Crippen LogP contribution in [0.15, 0.2) is 30.3 Å². The fraction of sp³-hybridized carbons (Fsp3) is 0.600. The van der Waals surface area contributed by atoms with Crippen LogP contribution in [0, 0.1) is 0 Å². The number of benzene rings is 1. The summed E-state index contributed by atoms with van der Waals surface area (Å²) in [6.07, 6.45) is 2.50. The van der Waals surface area contributed by atoms with Crippen molar-refractivity contribution < 1.29 is 0 Å². The molecule has 0 aliphatic heterocycles. The molecule has 0 aliphatic carbocycles. The van der Waals surface area contributed by atoms with Crippen LogP contribution >= 0.6 is 0 Å². The first-order valence-electron chi connectivity index (χ1n) is 6.33. The van der Waals surface area contributed by atoms with Crippen LogP contribution in [0.3, 0.4) is 0 Å². The van der Waals surface area contributed by atoms with Gasteiger partial charge in [0.25, 0.3) is 0 Å². The summed E-state index contributed by atoms with van der Waals surface area (Å²) in [4.78, 5) is 0. The molecule has 1 atom stereocenters. The Labute approximate surface area is 100 Å². The average molecular weight is 219 g/mol. The molecule has 0 saturated heterocycles. The molecule has 1 rings (SSSR count). The second-order valence-electron chi connectivity index (χ2n) is 5.53. The van der Waals surface area contributed by atoms with Crippen molar-refractivity contribution in [2.45, 2.75) is 52.0 Å². The molecule has 1 heteroatoms. The van der Waals surface area contributed by atoms with E-state index in [0.29, 0.717) is 5.92 Å². The molecule has 0 aliphatic rings. The molecule has 0 spiro atoms. The molecule has 0 bridgehead atoms. The Kier molecular flexibility index (Phi) is 5.01. The molecular formula is C15H25N. The molecule has 0 aromatic heterocycles. The zero-order valence-electron chi connectivity index (χ0n) is 11.1. The van der Waals surface area contributed by atoms with Crippen LogP contribution < -0.4 is 5.32 Å². The first-order valence-corrected chi connectivity index (χ1v) is 6.33. The Bertz CT molecular complexity index is 284. The van der Waals surface area contributed by atoms with Gasteiger partial charge in [0.15, 0.2) is 0 Å². The number of nitrogens with one attached hydrogen (secondary N) is 1. The van der Waals surface area contributed by atoms with Crippen LogP contribution in [-0.4, -0.2) is 12.1 Å². The lowest BCUT2D eigenvalue weighted by molar-refractivity contribution is 0.398. The first-order chi connectivity index (χ1) is 7.53. The molecule has 1 aromatic carbocycles. The molecule has 16 heavy (non-hydrogen) atoms. The number of hydrogen-bond donors (Lipinski definition) is 1. The van der Waals surface area contributed by atoms with Gasteiger partial charge in [0.1, 0.15) is 0 Å². The number of rotatable bonds is 5. The molecule has 90 valence electrons. The molecule has 0 heterocycles. The highest BCUT2D eigenvalue weighted by Crippen LogP contribution is 2.20. The third-order valence-corrected chi connectivity index (χ3v) is 2.79. The van der Waals surface area contributed by atoms with Gasteiger partial charge in [-0.05, 0) is 38.7 Å². The van der Waals surface area contributed by atoms with Crippen molar-refractivity contribution in [2.24, 2.45) is 0 Å². The van der Waals surface area contributed by atoms with E-state index in [2.05, 4.69) is 63.3 Å². The minimum atomic E-state index is 0.209. The average Bonchev–Trinajstić information content (AvgIpc) is 2.24. The van der Waals surface area contributed by atoms with E-state index in [1.807, 2.05) is 0 Å². The van der Waals surface area contributed by atoms with Crippen LogP contribution in [0.4, 0.5) is 0 Å². The van der Waals surface area contributed by atoms with Crippen molar-refractivity contribution in [1.82, 2.24) is 5.32 Å². The molecular weight excluding hydrogens is 194 g/mol. The molecule has 1 N–H and O–H groups in total. The quantitative estimate of drug-likeness (QED) is 0.790. The van der Waals surface area contributed by atoms with Gasteiger partial charge in [0.05, 0.1) is 0 Å². The van der Waals surface area contributed by atoms with E-state index < -0.39 is 0 Å².